The number of amides is 3. The minimum Gasteiger partial charge on any atom is -0.497 e. The van der Waals surface area contributed by atoms with Crippen LogP contribution in [0.1, 0.15) is 37.7 Å². The number of hydrogen-bond acceptors (Lipinski definition) is 6. The topological polar surface area (TPSA) is 114 Å². The molecule has 8 nitrogen and oxygen atoms in total. The van der Waals surface area contributed by atoms with Gasteiger partial charge in [0.05, 0.1) is 19.1 Å². The highest BCUT2D eigenvalue weighted by Crippen LogP contribution is 2.25. The van der Waals surface area contributed by atoms with E-state index in [1.807, 2.05) is 6.92 Å². The molecule has 0 spiro atoms. The normalized spacial score (nSPS) is 12.6. The van der Waals surface area contributed by atoms with E-state index in [0.29, 0.717) is 30.6 Å². The minimum absolute atomic E-state index is 0.356. The Morgan fingerprint density at radius 2 is 1.84 bits per heavy atom. The number of methoxy groups -OCH3 is 1. The molecule has 0 radical (unpaired) electrons. The molecular weight excluding hydrogens is 346 g/mol. The van der Waals surface area contributed by atoms with E-state index in [1.165, 1.54) is 7.05 Å². The average Bonchev–Trinajstić information content (AvgIpc) is 2.60. The Bertz CT molecular complexity index is 708. The molecule has 1 aromatic carbocycles. The molecule has 1 rings (SSSR count). The maximum atomic E-state index is 12.4. The molecule has 0 heterocycles. The largest absolute Gasteiger partial charge is 0.497 e. The van der Waals surface area contributed by atoms with Crippen molar-refractivity contribution in [2.75, 3.05) is 14.2 Å². The van der Waals surface area contributed by atoms with Crippen molar-refractivity contribution < 1.29 is 22.7 Å². The summed E-state index contributed by atoms with van der Waals surface area (Å²) in [5, 5.41) is 4.60. The summed E-state index contributed by atoms with van der Waals surface area (Å²) < 4.78 is 30.2. The number of hydrogen-bond donors (Lipinski definition) is 2. The molecule has 138 valence electrons. The first kappa shape index (κ1) is 20.6. The molecule has 0 aliphatic rings. The van der Waals surface area contributed by atoms with Crippen LogP contribution in [0.15, 0.2) is 28.6 Å². The van der Waals surface area contributed by atoms with Crippen LogP contribution in [-0.2, 0) is 15.3 Å². The van der Waals surface area contributed by atoms with Crippen LogP contribution >= 0.6 is 0 Å². The lowest BCUT2D eigenvalue weighted by atomic mass is 9.91. The number of carbonyl (C=O) groups is 2. The van der Waals surface area contributed by atoms with Gasteiger partial charge in [0.25, 0.3) is 0 Å². The van der Waals surface area contributed by atoms with Crippen LogP contribution < -0.4 is 15.4 Å². The van der Waals surface area contributed by atoms with Crippen LogP contribution in [-0.4, -0.2) is 40.6 Å². The van der Waals surface area contributed by atoms with Gasteiger partial charge in [-0.3, -0.25) is 10.1 Å². The van der Waals surface area contributed by atoms with Gasteiger partial charge in [0.15, 0.2) is 0 Å². The van der Waals surface area contributed by atoms with Crippen LogP contribution in [0.2, 0.25) is 0 Å². The molecule has 0 aromatic heterocycles. The highest BCUT2D eigenvalue weighted by Gasteiger charge is 2.23. The third-order valence-corrected chi connectivity index (χ3v) is 4.26. The quantitative estimate of drug-likeness (QED) is 0.726. The van der Waals surface area contributed by atoms with Gasteiger partial charge in [-0.2, -0.15) is 12.8 Å². The molecule has 25 heavy (non-hydrogen) atoms. The van der Waals surface area contributed by atoms with E-state index in [1.54, 1.807) is 31.4 Å². The molecule has 0 aliphatic heterocycles. The predicted octanol–water partition coefficient (Wildman–Crippen LogP) is 1.86. The zero-order chi connectivity index (χ0) is 18.8. The second-order valence-electron chi connectivity index (χ2n) is 5.36. The summed E-state index contributed by atoms with van der Waals surface area (Å²) in [5.41, 5.74) is 0.709. The number of carbonyl (C=O) groups excluding carboxylic acids is 2. The number of rotatable bonds is 8. The molecule has 0 saturated carbocycles. The Morgan fingerprint density at radius 3 is 2.32 bits per heavy atom. The van der Waals surface area contributed by atoms with E-state index in [2.05, 4.69) is 15.0 Å². The summed E-state index contributed by atoms with van der Waals surface area (Å²) >= 11 is 0. The van der Waals surface area contributed by atoms with Crippen molar-refractivity contribution in [3.05, 3.63) is 29.8 Å². The summed E-state index contributed by atoms with van der Waals surface area (Å²) in [7, 11) is 0.474. The van der Waals surface area contributed by atoms with Gasteiger partial charge in [0.2, 0.25) is 5.91 Å². The van der Waals surface area contributed by atoms with Gasteiger partial charge < -0.3 is 10.1 Å². The number of nitrogens with one attached hydrogen (secondary N) is 2. The molecule has 0 bridgehead atoms. The van der Waals surface area contributed by atoms with Crippen molar-refractivity contribution in [2.24, 2.45) is 4.36 Å². The molecular formula is C16H23N3O5S. The molecule has 0 saturated heterocycles. The second-order valence-corrected chi connectivity index (χ2v) is 6.00. The van der Waals surface area contributed by atoms with Gasteiger partial charge in [-0.1, -0.05) is 19.1 Å². The lowest BCUT2D eigenvalue weighted by Crippen LogP contribution is -2.40. The van der Waals surface area contributed by atoms with Crippen molar-refractivity contribution in [1.82, 2.24) is 10.6 Å². The van der Waals surface area contributed by atoms with Crippen molar-refractivity contribution in [1.29, 1.82) is 0 Å². The van der Waals surface area contributed by atoms with E-state index < -0.39 is 34.4 Å². The Labute approximate surface area is 148 Å². The molecule has 2 unspecified atom stereocenters. The number of nitrogens with zero attached hydrogens (tertiary/aromatic N) is 1. The third-order valence-electron chi connectivity index (χ3n) is 3.79. The fourth-order valence-corrected chi connectivity index (χ4v) is 2.86. The zero-order valence-electron chi connectivity index (χ0n) is 14.5. The standard InChI is InChI=1S/C16H23N3O5S/c1-4-12(19-25(22)23)7-10-14(15(20)18-16(21)17-2)11-5-8-13(24-3)9-6-11/h5-6,8-9,12,14H,4,7,10H2,1-3H3,(H2,17,18,20,21). The first-order valence-electron chi connectivity index (χ1n) is 7.88. The number of ether oxygens (including phenoxy) is 1. The van der Waals surface area contributed by atoms with E-state index in [4.69, 9.17) is 4.74 Å². The Hall–Kier alpha value is -2.42. The molecule has 3 amide bonds. The number of benzene rings is 1. The summed E-state index contributed by atoms with van der Waals surface area (Å²) in [6, 6.07) is 5.95. The lowest BCUT2D eigenvalue weighted by molar-refractivity contribution is -0.121. The molecule has 0 fully saturated rings. The lowest BCUT2D eigenvalue weighted by Gasteiger charge is -2.18. The Balaban J connectivity index is 2.98. The summed E-state index contributed by atoms with van der Waals surface area (Å²) in [6.45, 7) is 1.83. The zero-order valence-corrected chi connectivity index (χ0v) is 15.3. The van der Waals surface area contributed by atoms with Crippen molar-refractivity contribution in [2.45, 2.75) is 38.1 Å². The first-order valence-corrected chi connectivity index (χ1v) is 8.91. The van der Waals surface area contributed by atoms with Crippen molar-refractivity contribution in [3.63, 3.8) is 0 Å². The fraction of sp³-hybridized carbons (Fsp3) is 0.500. The van der Waals surface area contributed by atoms with Crippen molar-refractivity contribution >= 4 is 22.4 Å². The van der Waals surface area contributed by atoms with Crippen LogP contribution in [0.25, 0.3) is 0 Å². The fourth-order valence-electron chi connectivity index (χ4n) is 2.36. The first-order chi connectivity index (χ1) is 11.9. The number of imide groups is 1. The molecule has 0 aliphatic carbocycles. The summed E-state index contributed by atoms with van der Waals surface area (Å²) in [4.78, 5) is 23.9. The van der Waals surface area contributed by atoms with Crippen LogP contribution in [0.4, 0.5) is 4.79 Å². The van der Waals surface area contributed by atoms with E-state index in [-0.39, 0.29) is 0 Å². The summed E-state index contributed by atoms with van der Waals surface area (Å²) in [5.74, 6) is -0.410. The molecule has 1 aromatic rings. The molecule has 2 N–H and O–H groups in total. The molecule has 2 atom stereocenters. The SMILES string of the molecule is CCC(CCC(C(=O)NC(=O)NC)c1ccc(OC)cc1)N=S(=O)=O. The predicted molar refractivity (Wildman–Crippen MR) is 93.0 cm³/mol. The Morgan fingerprint density at radius 1 is 1.20 bits per heavy atom. The van der Waals surface area contributed by atoms with Gasteiger partial charge >= 0.3 is 16.5 Å². The van der Waals surface area contributed by atoms with Crippen LogP contribution in [0.5, 0.6) is 5.75 Å². The van der Waals surface area contributed by atoms with Gasteiger partial charge in [0, 0.05) is 7.05 Å². The summed E-state index contributed by atoms with van der Waals surface area (Å²) in [6.07, 6.45) is 1.30. The van der Waals surface area contributed by atoms with Crippen LogP contribution in [0, 0.1) is 0 Å². The van der Waals surface area contributed by atoms with E-state index >= 15 is 0 Å². The van der Waals surface area contributed by atoms with Gasteiger partial charge in [0.1, 0.15) is 5.75 Å². The van der Waals surface area contributed by atoms with Gasteiger partial charge in [-0.15, -0.1) is 0 Å². The second kappa shape index (κ2) is 10.4. The van der Waals surface area contributed by atoms with E-state index in [0.717, 1.165) is 0 Å². The third kappa shape index (κ3) is 6.92. The smallest absolute Gasteiger partial charge is 0.321 e. The monoisotopic (exact) mass is 369 g/mol. The van der Waals surface area contributed by atoms with E-state index in [9.17, 15) is 18.0 Å². The average molecular weight is 369 g/mol. The van der Waals surface area contributed by atoms with Gasteiger partial charge in [-0.05, 0) is 37.0 Å². The van der Waals surface area contributed by atoms with Crippen molar-refractivity contribution in [3.8, 4) is 5.75 Å². The highest BCUT2D eigenvalue weighted by molar-refractivity contribution is 7.61. The minimum atomic E-state index is -2.49. The van der Waals surface area contributed by atoms with Gasteiger partial charge in [-0.25, -0.2) is 4.79 Å². The maximum Gasteiger partial charge on any atom is 0.321 e. The van der Waals surface area contributed by atoms with Crippen LogP contribution in [0.3, 0.4) is 0 Å². The number of urea groups is 1. The molecule has 9 heteroatoms. The maximum absolute atomic E-state index is 12.4. The highest BCUT2D eigenvalue weighted by atomic mass is 32.2. The Kier molecular flexibility index (Phi) is 8.62.